The van der Waals surface area contributed by atoms with Crippen molar-refractivity contribution in [2.75, 3.05) is 6.54 Å². The molecule has 0 aromatic carbocycles. The zero-order chi connectivity index (χ0) is 9.24. The average Bonchev–Trinajstić information content (AvgIpc) is 2.53. The van der Waals surface area contributed by atoms with Crippen LogP contribution in [0.1, 0.15) is 46.0 Å². The Hall–Kier alpha value is -0.0800. The maximum absolute atomic E-state index is 10.2. The van der Waals surface area contributed by atoms with E-state index in [1.54, 1.807) is 0 Å². The van der Waals surface area contributed by atoms with Crippen molar-refractivity contribution in [3.63, 3.8) is 0 Å². The van der Waals surface area contributed by atoms with Gasteiger partial charge in [0.25, 0.3) is 0 Å². The lowest BCUT2D eigenvalue weighted by Crippen LogP contribution is -2.48. The molecule has 72 valence electrons. The Morgan fingerprint density at radius 3 is 2.25 bits per heavy atom. The highest BCUT2D eigenvalue weighted by atomic mass is 16.3. The molecule has 0 saturated heterocycles. The van der Waals surface area contributed by atoms with E-state index in [2.05, 4.69) is 0 Å². The van der Waals surface area contributed by atoms with Crippen molar-refractivity contribution in [3.8, 4) is 0 Å². The van der Waals surface area contributed by atoms with E-state index in [-0.39, 0.29) is 5.41 Å². The molecule has 1 saturated carbocycles. The van der Waals surface area contributed by atoms with E-state index >= 15 is 0 Å². The number of nitrogens with two attached hydrogens (primary N) is 1. The molecular weight excluding hydrogens is 150 g/mol. The van der Waals surface area contributed by atoms with Crippen molar-refractivity contribution in [3.05, 3.63) is 0 Å². The standard InChI is InChI=1S/C10H21NO/c1-3-9(2,12)10(8-11)6-4-5-7-10/h12H,3-8,11H2,1-2H3. The van der Waals surface area contributed by atoms with E-state index in [1.165, 1.54) is 12.8 Å². The molecule has 0 aromatic heterocycles. The molecule has 1 aliphatic rings. The Bertz CT molecular complexity index is 148. The predicted octanol–water partition coefficient (Wildman–Crippen LogP) is 1.67. The fraction of sp³-hybridized carbons (Fsp3) is 1.00. The fourth-order valence-electron chi connectivity index (χ4n) is 2.39. The van der Waals surface area contributed by atoms with Gasteiger partial charge in [0.2, 0.25) is 0 Å². The molecule has 0 radical (unpaired) electrons. The van der Waals surface area contributed by atoms with Gasteiger partial charge < -0.3 is 10.8 Å². The molecule has 1 rings (SSSR count). The molecule has 2 heteroatoms. The molecule has 0 bridgehead atoms. The van der Waals surface area contributed by atoms with Gasteiger partial charge in [-0.2, -0.15) is 0 Å². The molecular formula is C10H21NO. The summed E-state index contributed by atoms with van der Waals surface area (Å²) in [4.78, 5) is 0. The van der Waals surface area contributed by atoms with E-state index in [0.29, 0.717) is 6.54 Å². The van der Waals surface area contributed by atoms with Crippen molar-refractivity contribution in [2.45, 2.75) is 51.6 Å². The number of hydrogen-bond acceptors (Lipinski definition) is 2. The van der Waals surface area contributed by atoms with E-state index in [9.17, 15) is 5.11 Å². The summed E-state index contributed by atoms with van der Waals surface area (Å²) >= 11 is 0. The lowest BCUT2D eigenvalue weighted by atomic mass is 9.70. The van der Waals surface area contributed by atoms with Gasteiger partial charge in [-0.25, -0.2) is 0 Å². The molecule has 1 atom stereocenters. The van der Waals surface area contributed by atoms with E-state index in [4.69, 9.17) is 5.73 Å². The van der Waals surface area contributed by atoms with Gasteiger partial charge in [0, 0.05) is 12.0 Å². The van der Waals surface area contributed by atoms with Crippen molar-refractivity contribution in [2.24, 2.45) is 11.1 Å². The zero-order valence-electron chi connectivity index (χ0n) is 8.27. The van der Waals surface area contributed by atoms with Crippen LogP contribution in [0.15, 0.2) is 0 Å². The van der Waals surface area contributed by atoms with Crippen molar-refractivity contribution in [1.82, 2.24) is 0 Å². The summed E-state index contributed by atoms with van der Waals surface area (Å²) in [5, 5.41) is 10.2. The van der Waals surface area contributed by atoms with Gasteiger partial charge in [-0.3, -0.25) is 0 Å². The minimum Gasteiger partial charge on any atom is -0.390 e. The maximum atomic E-state index is 10.2. The van der Waals surface area contributed by atoms with Gasteiger partial charge in [0.05, 0.1) is 5.60 Å². The molecule has 1 fully saturated rings. The molecule has 0 aromatic rings. The van der Waals surface area contributed by atoms with Crippen LogP contribution in [0.3, 0.4) is 0 Å². The molecule has 0 heterocycles. The van der Waals surface area contributed by atoms with Crippen molar-refractivity contribution >= 4 is 0 Å². The van der Waals surface area contributed by atoms with Gasteiger partial charge in [-0.1, -0.05) is 19.8 Å². The third kappa shape index (κ3) is 1.38. The number of aliphatic hydroxyl groups is 1. The SMILES string of the molecule is CCC(C)(O)C1(CN)CCCC1. The molecule has 12 heavy (non-hydrogen) atoms. The second-order valence-corrected chi connectivity index (χ2v) is 4.32. The predicted molar refractivity (Wildman–Crippen MR) is 50.9 cm³/mol. The van der Waals surface area contributed by atoms with Gasteiger partial charge in [-0.05, 0) is 26.2 Å². The second-order valence-electron chi connectivity index (χ2n) is 4.32. The van der Waals surface area contributed by atoms with Crippen molar-refractivity contribution < 1.29 is 5.11 Å². The third-order valence-corrected chi connectivity index (χ3v) is 3.78. The largest absolute Gasteiger partial charge is 0.390 e. The van der Waals surface area contributed by atoms with E-state index in [1.807, 2.05) is 13.8 Å². The first-order chi connectivity index (χ1) is 5.58. The highest BCUT2D eigenvalue weighted by Gasteiger charge is 2.46. The van der Waals surface area contributed by atoms with Crippen LogP contribution < -0.4 is 5.73 Å². The van der Waals surface area contributed by atoms with E-state index < -0.39 is 5.60 Å². The summed E-state index contributed by atoms with van der Waals surface area (Å²) in [7, 11) is 0. The lowest BCUT2D eigenvalue weighted by molar-refractivity contribution is -0.0657. The average molecular weight is 171 g/mol. The van der Waals surface area contributed by atoms with Crippen LogP contribution in [0.2, 0.25) is 0 Å². The third-order valence-electron chi connectivity index (χ3n) is 3.78. The van der Waals surface area contributed by atoms with Gasteiger partial charge in [-0.15, -0.1) is 0 Å². The molecule has 1 unspecified atom stereocenters. The van der Waals surface area contributed by atoms with Gasteiger partial charge in [0.1, 0.15) is 0 Å². The summed E-state index contributed by atoms with van der Waals surface area (Å²) in [5.41, 5.74) is 5.23. The molecule has 3 N–H and O–H groups in total. The summed E-state index contributed by atoms with van der Waals surface area (Å²) in [5.74, 6) is 0. The zero-order valence-corrected chi connectivity index (χ0v) is 8.27. The Kier molecular flexibility index (Phi) is 2.79. The lowest BCUT2D eigenvalue weighted by Gasteiger charge is -2.41. The second kappa shape index (κ2) is 3.35. The van der Waals surface area contributed by atoms with Crippen LogP contribution in [-0.2, 0) is 0 Å². The van der Waals surface area contributed by atoms with Crippen LogP contribution in [0.5, 0.6) is 0 Å². The topological polar surface area (TPSA) is 46.2 Å². The van der Waals surface area contributed by atoms with Gasteiger partial charge in [0.15, 0.2) is 0 Å². The number of rotatable bonds is 3. The number of hydrogen-bond donors (Lipinski definition) is 2. The first kappa shape index (κ1) is 10.0. The van der Waals surface area contributed by atoms with Gasteiger partial charge >= 0.3 is 0 Å². The maximum Gasteiger partial charge on any atom is 0.0685 e. The highest BCUT2D eigenvalue weighted by molar-refractivity contribution is 4.98. The first-order valence-corrected chi connectivity index (χ1v) is 5.00. The summed E-state index contributed by atoms with van der Waals surface area (Å²) < 4.78 is 0. The minimum atomic E-state index is -0.557. The van der Waals surface area contributed by atoms with Crippen LogP contribution in [0.4, 0.5) is 0 Å². The van der Waals surface area contributed by atoms with E-state index in [0.717, 1.165) is 19.3 Å². The monoisotopic (exact) mass is 171 g/mol. The minimum absolute atomic E-state index is 0.0156. The molecule has 0 aliphatic heterocycles. The Balaban J connectivity index is 2.78. The quantitative estimate of drug-likeness (QED) is 0.678. The summed E-state index contributed by atoms with van der Waals surface area (Å²) in [6.45, 7) is 4.61. The Labute approximate surface area is 75.2 Å². The fourth-order valence-corrected chi connectivity index (χ4v) is 2.39. The van der Waals surface area contributed by atoms with Crippen LogP contribution in [-0.4, -0.2) is 17.3 Å². The van der Waals surface area contributed by atoms with Crippen LogP contribution >= 0.6 is 0 Å². The normalized spacial score (nSPS) is 27.0. The molecule has 1 aliphatic carbocycles. The van der Waals surface area contributed by atoms with Crippen molar-refractivity contribution in [1.29, 1.82) is 0 Å². The molecule has 2 nitrogen and oxygen atoms in total. The highest BCUT2D eigenvalue weighted by Crippen LogP contribution is 2.46. The Morgan fingerprint density at radius 1 is 1.42 bits per heavy atom. The smallest absolute Gasteiger partial charge is 0.0685 e. The molecule has 0 amide bonds. The van der Waals surface area contributed by atoms with Crippen LogP contribution in [0.25, 0.3) is 0 Å². The molecule has 0 spiro atoms. The Morgan fingerprint density at radius 2 is 1.92 bits per heavy atom. The summed E-state index contributed by atoms with van der Waals surface area (Å²) in [6.07, 6.45) is 5.47. The first-order valence-electron chi connectivity index (χ1n) is 5.00. The van der Waals surface area contributed by atoms with Crippen LogP contribution in [0, 0.1) is 5.41 Å². The summed E-state index contributed by atoms with van der Waals surface area (Å²) in [6, 6.07) is 0.